The number of benzene rings is 1. The fourth-order valence-electron chi connectivity index (χ4n) is 2.84. The molecular formula is C20H25N3O3. The third kappa shape index (κ3) is 5.35. The average molecular weight is 355 g/mol. The van der Waals surface area contributed by atoms with Crippen molar-refractivity contribution in [2.24, 2.45) is 0 Å². The number of carbonyl (C=O) groups excluding carboxylic acids is 2. The minimum Gasteiger partial charge on any atom is -0.448 e. The summed E-state index contributed by atoms with van der Waals surface area (Å²) in [6.45, 7) is 1.52. The van der Waals surface area contributed by atoms with E-state index in [1.807, 2.05) is 49.3 Å². The molecule has 1 aliphatic carbocycles. The van der Waals surface area contributed by atoms with Gasteiger partial charge in [-0.1, -0.05) is 25.0 Å². The molecule has 26 heavy (non-hydrogen) atoms. The fraction of sp³-hybridized carbons (Fsp3) is 0.450. The van der Waals surface area contributed by atoms with Crippen molar-refractivity contribution < 1.29 is 14.3 Å². The smallest absolute Gasteiger partial charge is 0.349 e. The van der Waals surface area contributed by atoms with Crippen LogP contribution in [0.3, 0.4) is 0 Å². The summed E-state index contributed by atoms with van der Waals surface area (Å²) in [5.74, 6) is -1.11. The van der Waals surface area contributed by atoms with Crippen LogP contribution in [0.4, 0.5) is 5.69 Å². The molecule has 0 bridgehead atoms. The lowest BCUT2D eigenvalue weighted by atomic mass is 10.1. The highest BCUT2D eigenvalue weighted by Gasteiger charge is 2.24. The number of rotatable bonds is 6. The van der Waals surface area contributed by atoms with Crippen molar-refractivity contribution in [3.05, 3.63) is 35.4 Å². The molecule has 1 N–H and O–H groups in total. The maximum atomic E-state index is 12.2. The van der Waals surface area contributed by atoms with Crippen LogP contribution >= 0.6 is 0 Å². The Labute approximate surface area is 154 Å². The number of esters is 1. The molecule has 0 unspecified atom stereocenters. The van der Waals surface area contributed by atoms with Crippen LogP contribution in [0.1, 0.15) is 38.2 Å². The molecule has 0 saturated heterocycles. The molecule has 1 saturated carbocycles. The standard InChI is InChI=1S/C20H25N3O3/c1-14(19(24)22-17-6-4-5-7-17)26-20(25)16(13-21)12-15-8-10-18(11-9-15)23(2)3/h8-12,14,17H,4-7H2,1-3H3,(H,22,24)/b16-12+/t14-/m0/s1. The van der Waals surface area contributed by atoms with Gasteiger partial charge in [0.2, 0.25) is 0 Å². The second-order valence-electron chi connectivity index (χ2n) is 6.69. The molecule has 6 nitrogen and oxygen atoms in total. The number of amides is 1. The van der Waals surface area contributed by atoms with Gasteiger partial charge in [0.1, 0.15) is 11.6 Å². The highest BCUT2D eigenvalue weighted by atomic mass is 16.5. The van der Waals surface area contributed by atoms with Crippen LogP contribution < -0.4 is 10.2 Å². The van der Waals surface area contributed by atoms with Crippen molar-refractivity contribution in [2.75, 3.05) is 19.0 Å². The van der Waals surface area contributed by atoms with Crippen LogP contribution in [0, 0.1) is 11.3 Å². The topological polar surface area (TPSA) is 82.4 Å². The Morgan fingerprint density at radius 2 is 1.88 bits per heavy atom. The first-order valence-electron chi connectivity index (χ1n) is 8.81. The largest absolute Gasteiger partial charge is 0.448 e. The van der Waals surface area contributed by atoms with Gasteiger partial charge in [-0.15, -0.1) is 0 Å². The number of nitriles is 1. The summed E-state index contributed by atoms with van der Waals surface area (Å²) in [5, 5.41) is 12.1. The Morgan fingerprint density at radius 1 is 1.27 bits per heavy atom. The molecule has 2 rings (SSSR count). The number of nitrogens with zero attached hydrogens (tertiary/aromatic N) is 2. The van der Waals surface area contributed by atoms with Crippen molar-refractivity contribution >= 4 is 23.6 Å². The summed E-state index contributed by atoms with van der Waals surface area (Å²) in [6, 6.07) is 9.42. The quantitative estimate of drug-likeness (QED) is 0.482. The summed E-state index contributed by atoms with van der Waals surface area (Å²) >= 11 is 0. The molecule has 6 heteroatoms. The molecule has 0 aliphatic heterocycles. The minimum absolute atomic E-state index is 0.136. The number of carbonyl (C=O) groups is 2. The van der Waals surface area contributed by atoms with E-state index in [0.717, 1.165) is 31.4 Å². The van der Waals surface area contributed by atoms with E-state index in [-0.39, 0.29) is 17.5 Å². The fourth-order valence-corrected chi connectivity index (χ4v) is 2.84. The van der Waals surface area contributed by atoms with Crippen molar-refractivity contribution in [1.29, 1.82) is 5.26 Å². The zero-order chi connectivity index (χ0) is 19.1. The number of nitrogens with one attached hydrogen (secondary N) is 1. The summed E-state index contributed by atoms with van der Waals surface area (Å²) in [7, 11) is 3.86. The molecule has 0 radical (unpaired) electrons. The molecule has 1 aromatic rings. The lowest BCUT2D eigenvalue weighted by molar-refractivity contribution is -0.151. The van der Waals surface area contributed by atoms with E-state index >= 15 is 0 Å². The maximum absolute atomic E-state index is 12.2. The highest BCUT2D eigenvalue weighted by molar-refractivity contribution is 5.99. The van der Waals surface area contributed by atoms with Gasteiger partial charge < -0.3 is 15.0 Å². The van der Waals surface area contributed by atoms with Crippen LogP contribution in [0.5, 0.6) is 0 Å². The van der Waals surface area contributed by atoms with E-state index in [4.69, 9.17) is 4.74 Å². The molecule has 1 aliphatic rings. The summed E-state index contributed by atoms with van der Waals surface area (Å²) in [4.78, 5) is 26.3. The van der Waals surface area contributed by atoms with E-state index in [0.29, 0.717) is 5.56 Å². The first kappa shape index (κ1) is 19.5. The van der Waals surface area contributed by atoms with E-state index in [1.165, 1.54) is 13.0 Å². The van der Waals surface area contributed by atoms with Crippen LogP contribution in [-0.2, 0) is 14.3 Å². The monoisotopic (exact) mass is 355 g/mol. The molecule has 1 atom stereocenters. The van der Waals surface area contributed by atoms with Gasteiger partial charge in [0.15, 0.2) is 6.10 Å². The van der Waals surface area contributed by atoms with Crippen LogP contribution in [-0.4, -0.2) is 38.1 Å². The first-order chi connectivity index (χ1) is 12.4. The Balaban J connectivity index is 1.98. The maximum Gasteiger partial charge on any atom is 0.349 e. The summed E-state index contributed by atoms with van der Waals surface area (Å²) < 4.78 is 5.16. The normalized spacial score (nSPS) is 15.8. The Bertz CT molecular complexity index is 711. The van der Waals surface area contributed by atoms with Gasteiger partial charge in [-0.05, 0) is 43.5 Å². The van der Waals surface area contributed by atoms with Gasteiger partial charge in [0, 0.05) is 25.8 Å². The molecule has 0 spiro atoms. The molecule has 1 amide bonds. The SMILES string of the molecule is C[C@H](OC(=O)/C(C#N)=C/c1ccc(N(C)C)cc1)C(=O)NC1CCCC1. The van der Waals surface area contributed by atoms with Crippen LogP contribution in [0.2, 0.25) is 0 Å². The molecule has 0 aromatic heterocycles. The third-order valence-corrected chi connectivity index (χ3v) is 4.42. The van der Waals surface area contributed by atoms with Crippen molar-refractivity contribution in [3.8, 4) is 6.07 Å². The summed E-state index contributed by atoms with van der Waals surface area (Å²) in [5.41, 5.74) is 1.59. The van der Waals surface area contributed by atoms with Gasteiger partial charge in [-0.2, -0.15) is 5.26 Å². The second-order valence-corrected chi connectivity index (χ2v) is 6.69. The molecule has 1 aromatic carbocycles. The Hall–Kier alpha value is -2.81. The Morgan fingerprint density at radius 3 is 2.42 bits per heavy atom. The van der Waals surface area contributed by atoms with Gasteiger partial charge in [-0.3, -0.25) is 4.79 Å². The molecular weight excluding hydrogens is 330 g/mol. The zero-order valence-electron chi connectivity index (χ0n) is 15.5. The molecule has 0 heterocycles. The summed E-state index contributed by atoms with van der Waals surface area (Å²) in [6.07, 6.45) is 4.65. The van der Waals surface area contributed by atoms with Crippen LogP contribution in [0.25, 0.3) is 6.08 Å². The highest BCUT2D eigenvalue weighted by Crippen LogP contribution is 2.18. The molecule has 1 fully saturated rings. The van der Waals surface area contributed by atoms with E-state index < -0.39 is 12.1 Å². The van der Waals surface area contributed by atoms with E-state index in [2.05, 4.69) is 5.32 Å². The minimum atomic E-state index is -0.934. The predicted octanol–water partition coefficient (Wildman–Crippen LogP) is 2.65. The number of hydrogen-bond acceptors (Lipinski definition) is 5. The number of hydrogen-bond donors (Lipinski definition) is 1. The lowest BCUT2D eigenvalue weighted by Gasteiger charge is -2.17. The van der Waals surface area contributed by atoms with Gasteiger partial charge in [-0.25, -0.2) is 4.79 Å². The van der Waals surface area contributed by atoms with Crippen LogP contribution in [0.15, 0.2) is 29.8 Å². The zero-order valence-corrected chi connectivity index (χ0v) is 15.5. The second kappa shape index (κ2) is 9.04. The number of anilines is 1. The van der Waals surface area contributed by atoms with Crippen molar-refractivity contribution in [3.63, 3.8) is 0 Å². The number of ether oxygens (including phenoxy) is 1. The van der Waals surface area contributed by atoms with Crippen molar-refractivity contribution in [2.45, 2.75) is 44.8 Å². The average Bonchev–Trinajstić information content (AvgIpc) is 3.12. The molecule has 138 valence electrons. The van der Waals surface area contributed by atoms with Gasteiger partial charge >= 0.3 is 5.97 Å². The lowest BCUT2D eigenvalue weighted by Crippen LogP contribution is -2.41. The first-order valence-corrected chi connectivity index (χ1v) is 8.81. The van der Waals surface area contributed by atoms with Crippen molar-refractivity contribution in [1.82, 2.24) is 5.32 Å². The third-order valence-electron chi connectivity index (χ3n) is 4.42. The predicted molar refractivity (Wildman–Crippen MR) is 100 cm³/mol. The van der Waals surface area contributed by atoms with Gasteiger partial charge in [0.05, 0.1) is 0 Å². The van der Waals surface area contributed by atoms with E-state index in [9.17, 15) is 14.9 Å². The van der Waals surface area contributed by atoms with Gasteiger partial charge in [0.25, 0.3) is 5.91 Å². The van der Waals surface area contributed by atoms with E-state index in [1.54, 1.807) is 0 Å². The Kier molecular flexibility index (Phi) is 6.79.